The van der Waals surface area contributed by atoms with E-state index in [4.69, 9.17) is 4.74 Å². The minimum atomic E-state index is 0.299. The maximum Gasteiger partial charge on any atom is 0.123 e. The minimum absolute atomic E-state index is 0.299. The second-order valence-electron chi connectivity index (χ2n) is 10.1. The first kappa shape index (κ1) is 16.5. The molecule has 1 nitrogen and oxygen atoms in total. The second kappa shape index (κ2) is 5.02. The van der Waals surface area contributed by atoms with Crippen molar-refractivity contribution >= 4 is 0 Å². The second-order valence-corrected chi connectivity index (χ2v) is 10.1. The summed E-state index contributed by atoms with van der Waals surface area (Å²) in [5.74, 6) is 2.79. The normalized spacial score (nSPS) is 39.8. The molecule has 2 saturated carbocycles. The van der Waals surface area contributed by atoms with Crippen LogP contribution < -0.4 is 4.74 Å². The molecule has 3 aliphatic carbocycles. The van der Waals surface area contributed by atoms with Crippen molar-refractivity contribution in [3.8, 4) is 5.75 Å². The highest BCUT2D eigenvalue weighted by molar-refractivity contribution is 5.53. The molecule has 0 unspecified atom stereocenters. The lowest BCUT2D eigenvalue weighted by Crippen LogP contribution is -2.55. The molecule has 0 spiro atoms. The summed E-state index contributed by atoms with van der Waals surface area (Å²) in [4.78, 5) is 0. The zero-order valence-corrected chi connectivity index (χ0v) is 16.5. The highest BCUT2D eigenvalue weighted by Crippen LogP contribution is 2.68. The van der Waals surface area contributed by atoms with Gasteiger partial charge in [-0.15, -0.1) is 0 Å². The average molecular weight is 327 g/mol. The number of benzene rings is 1. The molecule has 2 fully saturated rings. The molecule has 0 saturated heterocycles. The van der Waals surface area contributed by atoms with Gasteiger partial charge in [0, 0.05) is 11.0 Å². The first-order valence-corrected chi connectivity index (χ1v) is 9.90. The zero-order valence-electron chi connectivity index (χ0n) is 16.5. The largest absolute Gasteiger partial charge is 0.496 e. The van der Waals surface area contributed by atoms with E-state index >= 15 is 0 Å². The lowest BCUT2D eigenvalue weighted by atomic mass is 9.43. The number of aryl methyl sites for hydroxylation is 1. The van der Waals surface area contributed by atoms with Gasteiger partial charge in [0.05, 0.1) is 7.11 Å². The fraction of sp³-hybridized carbons (Fsp3) is 0.739. The van der Waals surface area contributed by atoms with Crippen LogP contribution in [0.3, 0.4) is 0 Å². The van der Waals surface area contributed by atoms with E-state index in [2.05, 4.69) is 46.8 Å². The minimum Gasteiger partial charge on any atom is -0.496 e. The van der Waals surface area contributed by atoms with Gasteiger partial charge in [-0.25, -0.2) is 0 Å². The van der Waals surface area contributed by atoms with E-state index in [0.717, 1.165) is 17.6 Å². The van der Waals surface area contributed by atoms with E-state index in [9.17, 15) is 0 Å². The molecule has 0 heterocycles. The van der Waals surface area contributed by atoms with Crippen molar-refractivity contribution in [1.29, 1.82) is 0 Å². The Balaban J connectivity index is 1.84. The molecular weight excluding hydrogens is 292 g/mol. The van der Waals surface area contributed by atoms with Crippen molar-refractivity contribution in [2.75, 3.05) is 7.11 Å². The standard InChI is InChI=1S/C23H34O/c1-15-12-16-14-19-22(4)10-7-9-21(2,3)18(22)8-11-23(19,5)20(16)17(13-15)24-6/h12-13,18-19H,7-11,14H2,1-6H3/t18-,19-,22-,23-/m0/s1. The summed E-state index contributed by atoms with van der Waals surface area (Å²) in [6, 6.07) is 4.69. The van der Waals surface area contributed by atoms with Crippen LogP contribution in [0, 0.1) is 29.6 Å². The molecule has 24 heavy (non-hydrogen) atoms. The third-order valence-electron chi connectivity index (χ3n) is 8.34. The van der Waals surface area contributed by atoms with Crippen molar-refractivity contribution in [1.82, 2.24) is 0 Å². The van der Waals surface area contributed by atoms with Gasteiger partial charge in [0.2, 0.25) is 0 Å². The molecule has 4 rings (SSSR count). The van der Waals surface area contributed by atoms with Crippen molar-refractivity contribution in [2.45, 2.75) is 78.6 Å². The van der Waals surface area contributed by atoms with E-state index in [1.165, 1.54) is 44.1 Å². The Morgan fingerprint density at radius 3 is 2.46 bits per heavy atom. The van der Waals surface area contributed by atoms with Gasteiger partial charge >= 0.3 is 0 Å². The summed E-state index contributed by atoms with van der Waals surface area (Å²) in [5, 5.41) is 0. The van der Waals surface area contributed by atoms with Crippen LogP contribution in [0.25, 0.3) is 0 Å². The Bertz CT molecular complexity index is 673. The summed E-state index contributed by atoms with van der Waals surface area (Å²) >= 11 is 0. The fourth-order valence-corrected chi connectivity index (χ4v) is 7.42. The fourth-order valence-electron chi connectivity index (χ4n) is 7.42. The summed E-state index contributed by atoms with van der Waals surface area (Å²) in [5.41, 5.74) is 5.75. The number of methoxy groups -OCH3 is 1. The van der Waals surface area contributed by atoms with Crippen LogP contribution in [-0.4, -0.2) is 7.11 Å². The number of hydrogen-bond acceptors (Lipinski definition) is 1. The third kappa shape index (κ3) is 1.99. The number of rotatable bonds is 1. The topological polar surface area (TPSA) is 9.23 Å². The van der Waals surface area contributed by atoms with E-state index in [-0.39, 0.29) is 0 Å². The Labute approximate surface area is 148 Å². The number of ether oxygens (including phenoxy) is 1. The Hall–Kier alpha value is -0.980. The van der Waals surface area contributed by atoms with Gasteiger partial charge in [0.15, 0.2) is 0 Å². The van der Waals surface area contributed by atoms with Crippen LogP contribution in [0.15, 0.2) is 12.1 Å². The van der Waals surface area contributed by atoms with Crippen molar-refractivity contribution in [3.63, 3.8) is 0 Å². The number of hydrogen-bond donors (Lipinski definition) is 0. The van der Waals surface area contributed by atoms with E-state index in [0.29, 0.717) is 16.2 Å². The molecule has 132 valence electrons. The van der Waals surface area contributed by atoms with Gasteiger partial charge in [0.25, 0.3) is 0 Å². The molecule has 1 aromatic rings. The van der Waals surface area contributed by atoms with Crippen molar-refractivity contribution in [3.05, 3.63) is 28.8 Å². The lowest BCUT2D eigenvalue weighted by Gasteiger charge is -2.61. The monoisotopic (exact) mass is 326 g/mol. The molecule has 0 bridgehead atoms. The van der Waals surface area contributed by atoms with Crippen LogP contribution in [-0.2, 0) is 11.8 Å². The van der Waals surface area contributed by atoms with Crippen LogP contribution in [0.5, 0.6) is 5.75 Å². The highest BCUT2D eigenvalue weighted by atomic mass is 16.5. The molecule has 3 aliphatic rings. The average Bonchev–Trinajstić information content (AvgIpc) is 2.79. The first-order chi connectivity index (χ1) is 11.2. The van der Waals surface area contributed by atoms with Gasteiger partial charge in [0.1, 0.15) is 5.75 Å². The van der Waals surface area contributed by atoms with Gasteiger partial charge in [-0.1, -0.05) is 40.2 Å². The van der Waals surface area contributed by atoms with Crippen LogP contribution in [0.2, 0.25) is 0 Å². The van der Waals surface area contributed by atoms with Gasteiger partial charge < -0.3 is 4.74 Å². The molecule has 1 aromatic carbocycles. The van der Waals surface area contributed by atoms with Gasteiger partial charge in [-0.3, -0.25) is 0 Å². The maximum absolute atomic E-state index is 5.86. The first-order valence-electron chi connectivity index (χ1n) is 9.90. The maximum atomic E-state index is 5.86. The van der Waals surface area contributed by atoms with Gasteiger partial charge in [-0.2, -0.15) is 0 Å². The van der Waals surface area contributed by atoms with E-state index in [1.54, 1.807) is 11.1 Å². The Kier molecular flexibility index (Phi) is 3.45. The van der Waals surface area contributed by atoms with Crippen LogP contribution in [0.1, 0.15) is 76.5 Å². The smallest absolute Gasteiger partial charge is 0.123 e. The Morgan fingerprint density at radius 2 is 1.75 bits per heavy atom. The van der Waals surface area contributed by atoms with E-state index in [1.807, 2.05) is 7.11 Å². The predicted molar refractivity (Wildman–Crippen MR) is 101 cm³/mol. The predicted octanol–water partition coefficient (Wildman–Crippen LogP) is 6.06. The molecule has 1 heteroatoms. The zero-order chi connectivity index (χ0) is 17.3. The summed E-state index contributed by atoms with van der Waals surface area (Å²) in [7, 11) is 1.85. The SMILES string of the molecule is COc1cc(C)cc2c1[C@@]1(C)CC[C@H]3C(C)(C)CCC[C@]3(C)[C@@H]1C2. The van der Waals surface area contributed by atoms with E-state index < -0.39 is 0 Å². The molecule has 0 radical (unpaired) electrons. The van der Waals surface area contributed by atoms with Crippen LogP contribution in [0.4, 0.5) is 0 Å². The van der Waals surface area contributed by atoms with Crippen molar-refractivity contribution in [2.24, 2.45) is 22.7 Å². The quantitative estimate of drug-likeness (QED) is 0.609. The Morgan fingerprint density at radius 1 is 1.00 bits per heavy atom. The summed E-state index contributed by atoms with van der Waals surface area (Å²) in [6.07, 6.45) is 8.19. The highest BCUT2D eigenvalue weighted by Gasteiger charge is 2.61. The summed E-state index contributed by atoms with van der Waals surface area (Å²) < 4.78 is 5.86. The lowest BCUT2D eigenvalue weighted by molar-refractivity contribution is -0.0984. The number of fused-ring (bicyclic) bond motifs is 5. The molecule has 4 atom stereocenters. The molecule has 0 amide bonds. The van der Waals surface area contributed by atoms with Gasteiger partial charge in [-0.05, 0) is 78.9 Å². The molecular formula is C23H34O. The summed E-state index contributed by atoms with van der Waals surface area (Å²) in [6.45, 7) is 12.5. The molecule has 0 N–H and O–H groups in total. The third-order valence-corrected chi connectivity index (χ3v) is 8.34. The van der Waals surface area contributed by atoms with Crippen molar-refractivity contribution < 1.29 is 4.74 Å². The molecule has 0 aliphatic heterocycles. The molecule has 0 aromatic heterocycles. The van der Waals surface area contributed by atoms with Crippen LogP contribution >= 0.6 is 0 Å².